The Morgan fingerprint density at radius 1 is 1.03 bits per heavy atom. The number of fused-ring (bicyclic) bond motifs is 1. The van der Waals surface area contributed by atoms with Crippen molar-refractivity contribution in [1.29, 1.82) is 0 Å². The SMILES string of the molecule is O=C1CCC(N2Cc3cc(OC[C@H]4CCCCN4C(=O)c4ccccc4)ccc3C2=O)C(=O)N1. The minimum absolute atomic E-state index is 0.0173. The average molecular weight is 462 g/mol. The molecule has 2 aromatic rings. The molecule has 2 fully saturated rings. The zero-order valence-electron chi connectivity index (χ0n) is 18.9. The van der Waals surface area contributed by atoms with E-state index in [1.807, 2.05) is 41.3 Å². The first-order valence-corrected chi connectivity index (χ1v) is 11.8. The van der Waals surface area contributed by atoms with Crippen molar-refractivity contribution >= 4 is 23.6 Å². The first-order chi connectivity index (χ1) is 16.5. The Morgan fingerprint density at radius 3 is 2.65 bits per heavy atom. The molecule has 2 saturated heterocycles. The van der Waals surface area contributed by atoms with Gasteiger partial charge in [0.15, 0.2) is 0 Å². The lowest BCUT2D eigenvalue weighted by molar-refractivity contribution is -0.136. The Hall–Kier alpha value is -3.68. The van der Waals surface area contributed by atoms with Crippen LogP contribution in [0.3, 0.4) is 0 Å². The summed E-state index contributed by atoms with van der Waals surface area (Å²) in [5.74, 6) is -0.274. The molecule has 5 rings (SSSR count). The lowest BCUT2D eigenvalue weighted by Gasteiger charge is -2.35. The fraction of sp³-hybridized carbons (Fsp3) is 0.385. The van der Waals surface area contributed by atoms with Crippen LogP contribution >= 0.6 is 0 Å². The molecule has 1 unspecified atom stereocenters. The molecule has 0 bridgehead atoms. The van der Waals surface area contributed by atoms with Gasteiger partial charge in [0, 0.05) is 30.6 Å². The van der Waals surface area contributed by atoms with Crippen LogP contribution in [0.15, 0.2) is 48.5 Å². The predicted octanol–water partition coefficient (Wildman–Crippen LogP) is 2.52. The number of ether oxygens (including phenoxy) is 1. The third-order valence-corrected chi connectivity index (χ3v) is 6.85. The lowest BCUT2D eigenvalue weighted by Crippen LogP contribution is -2.52. The molecule has 8 heteroatoms. The number of likely N-dealkylation sites (tertiary alicyclic amines) is 1. The Balaban J connectivity index is 1.25. The minimum Gasteiger partial charge on any atom is -0.491 e. The van der Waals surface area contributed by atoms with E-state index in [-0.39, 0.29) is 30.2 Å². The van der Waals surface area contributed by atoms with E-state index in [1.54, 1.807) is 12.1 Å². The first kappa shape index (κ1) is 22.1. The highest BCUT2D eigenvalue weighted by Gasteiger charge is 2.39. The average Bonchev–Trinajstić information content (AvgIpc) is 3.18. The number of carbonyl (C=O) groups is 4. The smallest absolute Gasteiger partial charge is 0.255 e. The molecular formula is C26H27N3O5. The number of carbonyl (C=O) groups excluding carboxylic acids is 4. The summed E-state index contributed by atoms with van der Waals surface area (Å²) in [7, 11) is 0. The number of nitrogens with one attached hydrogen (secondary N) is 1. The molecular weight excluding hydrogens is 434 g/mol. The molecule has 8 nitrogen and oxygen atoms in total. The fourth-order valence-electron chi connectivity index (χ4n) is 5.02. The van der Waals surface area contributed by atoms with E-state index >= 15 is 0 Å². The van der Waals surface area contributed by atoms with Gasteiger partial charge in [0.05, 0.1) is 6.04 Å². The Labute approximate surface area is 197 Å². The molecule has 176 valence electrons. The van der Waals surface area contributed by atoms with Crippen molar-refractivity contribution in [2.24, 2.45) is 0 Å². The Kier molecular flexibility index (Phi) is 6.04. The highest BCUT2D eigenvalue weighted by molar-refractivity contribution is 6.05. The monoisotopic (exact) mass is 461 g/mol. The second-order valence-corrected chi connectivity index (χ2v) is 9.04. The summed E-state index contributed by atoms with van der Waals surface area (Å²) in [6.45, 7) is 1.39. The van der Waals surface area contributed by atoms with Crippen molar-refractivity contribution in [3.63, 3.8) is 0 Å². The normalized spacial score (nSPS) is 22.4. The first-order valence-electron chi connectivity index (χ1n) is 11.8. The minimum atomic E-state index is -0.637. The van der Waals surface area contributed by atoms with Crippen molar-refractivity contribution in [3.05, 3.63) is 65.2 Å². The van der Waals surface area contributed by atoms with Gasteiger partial charge < -0.3 is 14.5 Å². The van der Waals surface area contributed by atoms with Gasteiger partial charge in [-0.1, -0.05) is 18.2 Å². The second kappa shape index (κ2) is 9.29. The molecule has 0 aliphatic carbocycles. The molecule has 34 heavy (non-hydrogen) atoms. The van der Waals surface area contributed by atoms with Gasteiger partial charge >= 0.3 is 0 Å². The van der Waals surface area contributed by atoms with Crippen LogP contribution in [0.2, 0.25) is 0 Å². The number of amides is 4. The maximum atomic E-state index is 13.0. The van der Waals surface area contributed by atoms with Crippen LogP contribution in [0.25, 0.3) is 0 Å². The number of benzene rings is 2. The van der Waals surface area contributed by atoms with Gasteiger partial charge in [-0.15, -0.1) is 0 Å². The molecule has 0 saturated carbocycles. The molecule has 4 amide bonds. The predicted molar refractivity (Wildman–Crippen MR) is 123 cm³/mol. The third-order valence-electron chi connectivity index (χ3n) is 6.85. The largest absolute Gasteiger partial charge is 0.491 e. The van der Waals surface area contributed by atoms with Crippen LogP contribution in [0, 0.1) is 0 Å². The highest BCUT2D eigenvalue weighted by Crippen LogP contribution is 2.30. The third kappa shape index (κ3) is 4.27. The topological polar surface area (TPSA) is 96.0 Å². The van der Waals surface area contributed by atoms with Crippen LogP contribution in [0.4, 0.5) is 0 Å². The van der Waals surface area contributed by atoms with Crippen LogP contribution in [-0.2, 0) is 16.1 Å². The fourth-order valence-corrected chi connectivity index (χ4v) is 5.02. The van der Waals surface area contributed by atoms with E-state index in [0.717, 1.165) is 24.8 Å². The van der Waals surface area contributed by atoms with Crippen LogP contribution in [0.5, 0.6) is 5.75 Å². The van der Waals surface area contributed by atoms with Crippen molar-refractivity contribution in [2.75, 3.05) is 13.2 Å². The summed E-state index contributed by atoms with van der Waals surface area (Å²) in [6.07, 6.45) is 3.47. The summed E-state index contributed by atoms with van der Waals surface area (Å²) < 4.78 is 6.09. The van der Waals surface area contributed by atoms with Gasteiger partial charge in [0.25, 0.3) is 11.8 Å². The van der Waals surface area contributed by atoms with Crippen LogP contribution < -0.4 is 10.1 Å². The van der Waals surface area contributed by atoms with E-state index in [4.69, 9.17) is 4.74 Å². The second-order valence-electron chi connectivity index (χ2n) is 9.04. The van der Waals surface area contributed by atoms with Crippen molar-refractivity contribution in [2.45, 2.75) is 50.7 Å². The van der Waals surface area contributed by atoms with Gasteiger partial charge in [-0.05, 0) is 61.6 Å². The molecule has 1 N–H and O–H groups in total. The van der Waals surface area contributed by atoms with E-state index < -0.39 is 11.9 Å². The molecule has 0 spiro atoms. The molecule has 2 aromatic carbocycles. The van der Waals surface area contributed by atoms with Crippen molar-refractivity contribution < 1.29 is 23.9 Å². The zero-order chi connectivity index (χ0) is 23.7. The molecule has 3 aliphatic heterocycles. The summed E-state index contributed by atoms with van der Waals surface area (Å²) in [4.78, 5) is 53.0. The van der Waals surface area contributed by atoms with Crippen LogP contribution in [0.1, 0.15) is 58.4 Å². The van der Waals surface area contributed by atoms with E-state index in [1.165, 1.54) is 4.90 Å². The van der Waals surface area contributed by atoms with E-state index in [0.29, 0.717) is 43.0 Å². The molecule has 0 aromatic heterocycles. The summed E-state index contributed by atoms with van der Waals surface area (Å²) in [6, 6.07) is 14.0. The number of rotatable bonds is 5. The molecule has 3 aliphatic rings. The maximum absolute atomic E-state index is 13.0. The van der Waals surface area contributed by atoms with Gasteiger partial charge in [0.1, 0.15) is 18.4 Å². The molecule has 3 heterocycles. The van der Waals surface area contributed by atoms with Gasteiger partial charge in [-0.2, -0.15) is 0 Å². The number of nitrogens with zero attached hydrogens (tertiary/aromatic N) is 2. The Bertz CT molecular complexity index is 1130. The van der Waals surface area contributed by atoms with Crippen molar-refractivity contribution in [1.82, 2.24) is 15.1 Å². The van der Waals surface area contributed by atoms with Gasteiger partial charge in [-0.3, -0.25) is 24.5 Å². The summed E-state index contributed by atoms with van der Waals surface area (Å²) in [5.41, 5.74) is 2.03. The van der Waals surface area contributed by atoms with Gasteiger partial charge in [0.2, 0.25) is 11.8 Å². The van der Waals surface area contributed by atoms with E-state index in [9.17, 15) is 19.2 Å². The molecule has 2 atom stereocenters. The number of imide groups is 1. The highest BCUT2D eigenvalue weighted by atomic mass is 16.5. The summed E-state index contributed by atoms with van der Waals surface area (Å²) >= 11 is 0. The lowest BCUT2D eigenvalue weighted by atomic mass is 10.0. The number of hydrogen-bond donors (Lipinski definition) is 1. The van der Waals surface area contributed by atoms with Crippen LogP contribution in [-0.4, -0.2) is 58.7 Å². The standard InChI is InChI=1S/C26H27N3O5/c30-23-12-11-22(24(31)27-23)29-15-18-14-20(9-10-21(18)26(29)33)34-16-19-8-4-5-13-28(19)25(32)17-6-2-1-3-7-17/h1-3,6-7,9-10,14,19,22H,4-5,8,11-13,15-16H2,(H,27,30,31)/t19-,22?/m1/s1. The quantitative estimate of drug-likeness (QED) is 0.691. The molecule has 0 radical (unpaired) electrons. The number of piperidine rings is 2. The zero-order valence-corrected chi connectivity index (χ0v) is 18.9. The van der Waals surface area contributed by atoms with E-state index in [2.05, 4.69) is 5.32 Å². The van der Waals surface area contributed by atoms with Gasteiger partial charge in [-0.25, -0.2) is 0 Å². The Morgan fingerprint density at radius 2 is 1.85 bits per heavy atom. The summed E-state index contributed by atoms with van der Waals surface area (Å²) in [5, 5.41) is 2.32. The number of hydrogen-bond acceptors (Lipinski definition) is 5. The van der Waals surface area contributed by atoms with Crippen molar-refractivity contribution in [3.8, 4) is 5.75 Å². The maximum Gasteiger partial charge on any atom is 0.255 e.